The predicted molar refractivity (Wildman–Crippen MR) is 61.6 cm³/mol. The molecule has 88 valence electrons. The minimum atomic E-state index is -0.428. The fourth-order valence-corrected chi connectivity index (χ4v) is 1.46. The predicted octanol–water partition coefficient (Wildman–Crippen LogP) is 2.97. The summed E-state index contributed by atoms with van der Waals surface area (Å²) in [4.78, 5) is 11.3. The van der Waals surface area contributed by atoms with E-state index < -0.39 is 12.6 Å². The highest BCUT2D eigenvalue weighted by atomic mass is 79.9. The molecule has 0 spiro atoms. The van der Waals surface area contributed by atoms with Crippen LogP contribution in [0.25, 0.3) is 0 Å². The first-order chi connectivity index (χ1) is 7.69. The van der Waals surface area contributed by atoms with Crippen LogP contribution < -0.4 is 4.74 Å². The van der Waals surface area contributed by atoms with Crippen LogP contribution in [0.4, 0.5) is 4.39 Å². The zero-order valence-corrected chi connectivity index (χ0v) is 10.4. The molecule has 3 nitrogen and oxygen atoms in total. The molecule has 0 N–H and O–H groups in total. The van der Waals surface area contributed by atoms with Gasteiger partial charge in [0.25, 0.3) is 0 Å². The number of esters is 1. The lowest BCUT2D eigenvalue weighted by molar-refractivity contribution is 0.0600. The van der Waals surface area contributed by atoms with Crippen molar-refractivity contribution in [1.82, 2.24) is 0 Å². The summed E-state index contributed by atoms with van der Waals surface area (Å²) < 4.78 is 22.5. The first-order valence-electron chi connectivity index (χ1n) is 4.75. The molecule has 1 aromatic rings. The molecule has 0 radical (unpaired) electrons. The summed E-state index contributed by atoms with van der Waals surface area (Å²) in [6.07, 6.45) is 0.328. The lowest BCUT2D eigenvalue weighted by atomic mass is 10.2. The van der Waals surface area contributed by atoms with E-state index in [9.17, 15) is 9.18 Å². The van der Waals surface area contributed by atoms with Gasteiger partial charge in [0.05, 0.1) is 30.4 Å². The van der Waals surface area contributed by atoms with Crippen LogP contribution in [-0.4, -0.2) is 26.4 Å². The molecule has 16 heavy (non-hydrogen) atoms. The van der Waals surface area contributed by atoms with Gasteiger partial charge in [0.15, 0.2) is 0 Å². The first kappa shape index (κ1) is 13.0. The number of methoxy groups -OCH3 is 1. The number of carbonyl (C=O) groups is 1. The van der Waals surface area contributed by atoms with E-state index in [0.29, 0.717) is 17.7 Å². The maximum atomic E-state index is 11.9. The Bertz CT molecular complexity index is 368. The molecule has 0 bridgehead atoms. The van der Waals surface area contributed by atoms with Gasteiger partial charge < -0.3 is 9.47 Å². The van der Waals surface area contributed by atoms with Gasteiger partial charge in [-0.2, -0.15) is 0 Å². The lowest BCUT2D eigenvalue weighted by Gasteiger charge is -2.08. The normalized spacial score (nSPS) is 9.94. The van der Waals surface area contributed by atoms with Crippen LogP contribution in [-0.2, 0) is 4.74 Å². The Morgan fingerprint density at radius 3 is 2.88 bits per heavy atom. The molecule has 1 aromatic carbocycles. The molecule has 0 aliphatic carbocycles. The molecule has 0 fully saturated rings. The van der Waals surface area contributed by atoms with E-state index in [1.165, 1.54) is 7.11 Å². The number of benzene rings is 1. The first-order valence-corrected chi connectivity index (χ1v) is 5.55. The van der Waals surface area contributed by atoms with Gasteiger partial charge in [0.2, 0.25) is 0 Å². The molecule has 0 aliphatic rings. The van der Waals surface area contributed by atoms with Gasteiger partial charge in [-0.05, 0) is 34.1 Å². The van der Waals surface area contributed by atoms with Gasteiger partial charge in [-0.25, -0.2) is 4.79 Å². The van der Waals surface area contributed by atoms with Crippen molar-refractivity contribution in [2.24, 2.45) is 0 Å². The number of rotatable bonds is 5. The van der Waals surface area contributed by atoms with Crippen LogP contribution in [0.5, 0.6) is 5.75 Å². The molecule has 0 atom stereocenters. The van der Waals surface area contributed by atoms with E-state index in [0.717, 1.165) is 4.47 Å². The number of ether oxygens (including phenoxy) is 2. The fourth-order valence-electron chi connectivity index (χ4n) is 1.10. The van der Waals surface area contributed by atoms with Crippen molar-refractivity contribution in [3.8, 4) is 5.75 Å². The number of halogens is 2. The SMILES string of the molecule is COC(=O)c1ccc(Br)c(OCCCF)c1. The smallest absolute Gasteiger partial charge is 0.337 e. The van der Waals surface area contributed by atoms with Crippen molar-refractivity contribution in [2.45, 2.75) is 6.42 Å². The summed E-state index contributed by atoms with van der Waals surface area (Å²) in [5.41, 5.74) is 0.404. The average Bonchev–Trinajstić information content (AvgIpc) is 2.31. The Hall–Kier alpha value is -1.10. The van der Waals surface area contributed by atoms with Crippen molar-refractivity contribution in [3.63, 3.8) is 0 Å². The molecule has 0 aromatic heterocycles. The molecule has 0 heterocycles. The van der Waals surface area contributed by atoms with Gasteiger partial charge in [0.1, 0.15) is 5.75 Å². The Labute approximate surface area is 102 Å². The van der Waals surface area contributed by atoms with Crippen molar-refractivity contribution >= 4 is 21.9 Å². The van der Waals surface area contributed by atoms with Crippen LogP contribution in [0.15, 0.2) is 22.7 Å². The number of alkyl halides is 1. The van der Waals surface area contributed by atoms with E-state index in [2.05, 4.69) is 20.7 Å². The maximum Gasteiger partial charge on any atom is 0.337 e. The number of hydrogen-bond acceptors (Lipinski definition) is 3. The van der Waals surface area contributed by atoms with Crippen molar-refractivity contribution in [3.05, 3.63) is 28.2 Å². The largest absolute Gasteiger partial charge is 0.492 e. The molecular weight excluding hydrogens is 279 g/mol. The van der Waals surface area contributed by atoms with E-state index in [-0.39, 0.29) is 6.61 Å². The third-order valence-electron chi connectivity index (χ3n) is 1.89. The summed E-state index contributed by atoms with van der Waals surface area (Å²) in [6.45, 7) is -0.145. The van der Waals surface area contributed by atoms with E-state index >= 15 is 0 Å². The highest BCUT2D eigenvalue weighted by molar-refractivity contribution is 9.10. The fraction of sp³-hybridized carbons (Fsp3) is 0.364. The molecule has 0 aliphatic heterocycles. The Balaban J connectivity index is 2.78. The Morgan fingerprint density at radius 1 is 1.50 bits per heavy atom. The van der Waals surface area contributed by atoms with Crippen LogP contribution >= 0.6 is 15.9 Å². The molecule has 0 unspecified atom stereocenters. The second kappa shape index (κ2) is 6.48. The number of hydrogen-bond donors (Lipinski definition) is 0. The van der Waals surface area contributed by atoms with Crippen molar-refractivity contribution < 1.29 is 18.7 Å². The van der Waals surface area contributed by atoms with E-state index in [1.54, 1.807) is 18.2 Å². The summed E-state index contributed by atoms with van der Waals surface area (Å²) in [5, 5.41) is 0. The standard InChI is InChI=1S/C11H12BrFO3/c1-15-11(14)8-3-4-9(12)10(7-8)16-6-2-5-13/h3-4,7H,2,5-6H2,1H3. The highest BCUT2D eigenvalue weighted by Gasteiger charge is 2.09. The van der Waals surface area contributed by atoms with Gasteiger partial charge in [-0.1, -0.05) is 0 Å². The van der Waals surface area contributed by atoms with Gasteiger partial charge in [-0.15, -0.1) is 0 Å². The molecule has 0 amide bonds. The summed E-state index contributed by atoms with van der Waals surface area (Å²) in [5.74, 6) is 0.0826. The second-order valence-electron chi connectivity index (χ2n) is 3.03. The van der Waals surface area contributed by atoms with Gasteiger partial charge >= 0.3 is 5.97 Å². The molecule has 5 heteroatoms. The highest BCUT2D eigenvalue weighted by Crippen LogP contribution is 2.26. The third kappa shape index (κ3) is 3.48. The van der Waals surface area contributed by atoms with E-state index in [4.69, 9.17) is 4.74 Å². The summed E-state index contributed by atoms with van der Waals surface area (Å²) >= 11 is 3.28. The van der Waals surface area contributed by atoms with Crippen LogP contribution in [0.3, 0.4) is 0 Å². The van der Waals surface area contributed by atoms with Gasteiger partial charge in [-0.3, -0.25) is 4.39 Å². The zero-order chi connectivity index (χ0) is 12.0. The zero-order valence-electron chi connectivity index (χ0n) is 8.83. The Kier molecular flexibility index (Phi) is 5.25. The Morgan fingerprint density at radius 2 is 2.25 bits per heavy atom. The van der Waals surface area contributed by atoms with Crippen LogP contribution in [0, 0.1) is 0 Å². The molecule has 1 rings (SSSR count). The van der Waals surface area contributed by atoms with Gasteiger partial charge in [0, 0.05) is 6.42 Å². The quantitative estimate of drug-likeness (QED) is 0.618. The average molecular weight is 291 g/mol. The monoisotopic (exact) mass is 290 g/mol. The lowest BCUT2D eigenvalue weighted by Crippen LogP contribution is -2.03. The topological polar surface area (TPSA) is 35.5 Å². The van der Waals surface area contributed by atoms with Crippen LogP contribution in [0.1, 0.15) is 16.8 Å². The summed E-state index contributed by atoms with van der Waals surface area (Å²) in [7, 11) is 1.31. The molecular formula is C11H12BrFO3. The van der Waals surface area contributed by atoms with Crippen molar-refractivity contribution in [1.29, 1.82) is 0 Å². The van der Waals surface area contributed by atoms with E-state index in [1.807, 2.05) is 0 Å². The van der Waals surface area contributed by atoms with Crippen molar-refractivity contribution in [2.75, 3.05) is 20.4 Å². The minimum absolute atomic E-state index is 0.278. The third-order valence-corrected chi connectivity index (χ3v) is 2.54. The van der Waals surface area contributed by atoms with Crippen LogP contribution in [0.2, 0.25) is 0 Å². The second-order valence-corrected chi connectivity index (χ2v) is 3.88. The maximum absolute atomic E-state index is 11.9. The summed E-state index contributed by atoms with van der Waals surface area (Å²) in [6, 6.07) is 4.88. The number of carbonyl (C=O) groups excluding carboxylic acids is 1. The molecule has 0 saturated carbocycles. The molecule has 0 saturated heterocycles. The minimum Gasteiger partial charge on any atom is -0.492 e.